The van der Waals surface area contributed by atoms with Crippen molar-refractivity contribution in [3.8, 4) is 11.5 Å². The third kappa shape index (κ3) is 3.33. The van der Waals surface area contributed by atoms with Crippen LogP contribution in [0.25, 0.3) is 10.9 Å². The molecule has 3 aromatic rings. The molecule has 0 spiro atoms. The summed E-state index contributed by atoms with van der Waals surface area (Å²) >= 11 is 1.92. The van der Waals surface area contributed by atoms with Crippen molar-refractivity contribution in [3.63, 3.8) is 0 Å². The van der Waals surface area contributed by atoms with Gasteiger partial charge in [-0.2, -0.15) is 11.8 Å². The maximum absolute atomic E-state index is 12.9. The molecule has 1 atom stereocenters. The highest BCUT2D eigenvalue weighted by molar-refractivity contribution is 7.99. The molecule has 3 heterocycles. The second-order valence-electron chi connectivity index (χ2n) is 7.14. The Balaban J connectivity index is 1.26. The highest BCUT2D eigenvalue weighted by Gasteiger charge is 2.24. The predicted molar refractivity (Wildman–Crippen MR) is 111 cm³/mol. The van der Waals surface area contributed by atoms with Gasteiger partial charge in [-0.3, -0.25) is 4.79 Å². The number of carbonyl (C=O) groups excluding carboxylic acids is 1. The molecule has 6 heteroatoms. The monoisotopic (exact) mass is 394 g/mol. The zero-order chi connectivity index (χ0) is 18.9. The first kappa shape index (κ1) is 17.5. The highest BCUT2D eigenvalue weighted by atomic mass is 32.2. The lowest BCUT2D eigenvalue weighted by atomic mass is 10.1. The molecule has 0 N–H and O–H groups in total. The number of thioether (sulfide) groups is 1. The van der Waals surface area contributed by atoms with Gasteiger partial charge in [0.15, 0.2) is 11.5 Å². The van der Waals surface area contributed by atoms with Crippen molar-refractivity contribution in [2.75, 3.05) is 25.6 Å². The number of nitrogens with zero attached hydrogens (tertiary/aromatic N) is 2. The fourth-order valence-electron chi connectivity index (χ4n) is 3.92. The van der Waals surface area contributed by atoms with Crippen molar-refractivity contribution in [2.24, 2.45) is 0 Å². The number of carbonyl (C=O) groups is 1. The molecule has 0 radical (unpaired) electrons. The number of rotatable bonds is 3. The Morgan fingerprint density at radius 3 is 2.93 bits per heavy atom. The molecule has 1 aromatic heterocycles. The summed E-state index contributed by atoms with van der Waals surface area (Å²) in [5.41, 5.74) is 2.36. The van der Waals surface area contributed by atoms with Gasteiger partial charge in [-0.25, -0.2) is 0 Å². The number of benzene rings is 2. The second-order valence-corrected chi connectivity index (χ2v) is 8.45. The van der Waals surface area contributed by atoms with Crippen LogP contribution in [0, 0.1) is 0 Å². The quantitative estimate of drug-likeness (QED) is 0.672. The fraction of sp³-hybridized carbons (Fsp3) is 0.318. The van der Waals surface area contributed by atoms with Gasteiger partial charge in [0.05, 0.1) is 0 Å². The van der Waals surface area contributed by atoms with Gasteiger partial charge in [-0.1, -0.05) is 24.3 Å². The zero-order valence-corrected chi connectivity index (χ0v) is 16.4. The lowest BCUT2D eigenvalue weighted by Crippen LogP contribution is -2.35. The molecule has 2 aromatic carbocycles. The smallest absolute Gasteiger partial charge is 0.242 e. The van der Waals surface area contributed by atoms with Crippen LogP contribution in [0.3, 0.4) is 0 Å². The van der Waals surface area contributed by atoms with Crippen molar-refractivity contribution in [2.45, 2.75) is 18.2 Å². The third-order valence-electron chi connectivity index (χ3n) is 5.45. The first-order valence-electron chi connectivity index (χ1n) is 9.61. The van der Waals surface area contributed by atoms with Gasteiger partial charge in [0, 0.05) is 35.8 Å². The predicted octanol–water partition coefficient (Wildman–Crippen LogP) is 4.08. The first-order chi connectivity index (χ1) is 13.8. The van der Waals surface area contributed by atoms with Crippen molar-refractivity contribution in [1.82, 2.24) is 9.47 Å². The van der Waals surface area contributed by atoms with Crippen LogP contribution in [-0.4, -0.2) is 41.0 Å². The van der Waals surface area contributed by atoms with Crippen LogP contribution in [0.4, 0.5) is 0 Å². The van der Waals surface area contributed by atoms with Crippen molar-refractivity contribution in [1.29, 1.82) is 0 Å². The van der Waals surface area contributed by atoms with Gasteiger partial charge in [0.25, 0.3) is 0 Å². The molecule has 144 valence electrons. The molecule has 5 rings (SSSR count). The first-order valence-corrected chi connectivity index (χ1v) is 10.7. The van der Waals surface area contributed by atoms with Gasteiger partial charge in [-0.15, -0.1) is 0 Å². The minimum absolute atomic E-state index is 0.188. The Kier molecular flexibility index (Phi) is 4.64. The molecule has 1 saturated heterocycles. The van der Waals surface area contributed by atoms with E-state index in [2.05, 4.69) is 30.3 Å². The van der Waals surface area contributed by atoms with E-state index in [1.807, 2.05) is 45.6 Å². The lowest BCUT2D eigenvalue weighted by molar-refractivity contribution is -0.131. The number of ether oxygens (including phenoxy) is 2. The van der Waals surface area contributed by atoms with Crippen molar-refractivity contribution < 1.29 is 14.3 Å². The van der Waals surface area contributed by atoms with E-state index in [1.165, 1.54) is 10.9 Å². The minimum atomic E-state index is 0.188. The Hall–Kier alpha value is -2.60. The highest BCUT2D eigenvalue weighted by Crippen LogP contribution is 2.40. The van der Waals surface area contributed by atoms with Crippen molar-refractivity contribution in [3.05, 3.63) is 60.3 Å². The molecule has 2 aliphatic rings. The van der Waals surface area contributed by atoms with E-state index in [0.717, 1.165) is 42.3 Å². The maximum Gasteiger partial charge on any atom is 0.242 e. The number of para-hydroxylation sites is 1. The summed E-state index contributed by atoms with van der Waals surface area (Å²) in [6.07, 6.45) is 2.95. The molecule has 5 nitrogen and oxygen atoms in total. The molecular formula is C22H22N2O3S. The number of hydrogen-bond donors (Lipinski definition) is 0. The van der Waals surface area contributed by atoms with Gasteiger partial charge in [-0.05, 0) is 41.6 Å². The summed E-state index contributed by atoms with van der Waals surface area (Å²) in [5, 5.41) is 1.55. The largest absolute Gasteiger partial charge is 0.454 e. The topological polar surface area (TPSA) is 43.7 Å². The van der Waals surface area contributed by atoms with Crippen LogP contribution in [0.2, 0.25) is 0 Å². The van der Waals surface area contributed by atoms with E-state index in [1.54, 1.807) is 0 Å². The van der Waals surface area contributed by atoms with E-state index < -0.39 is 0 Å². The Morgan fingerprint density at radius 2 is 1.96 bits per heavy atom. The molecular weight excluding hydrogens is 372 g/mol. The van der Waals surface area contributed by atoms with Crippen LogP contribution in [0.5, 0.6) is 11.5 Å². The van der Waals surface area contributed by atoms with E-state index in [4.69, 9.17) is 9.47 Å². The van der Waals surface area contributed by atoms with Gasteiger partial charge < -0.3 is 18.9 Å². The standard InChI is InChI=1S/C22H22N2O3S/c25-22(14-24-9-7-16-3-1-2-4-18(16)24)23-10-8-21(28-12-11-23)17-5-6-19-20(13-17)27-15-26-19/h1-7,9,13,21H,8,10-12,14-15H2. The van der Waals surface area contributed by atoms with Crippen LogP contribution < -0.4 is 9.47 Å². The summed E-state index contributed by atoms with van der Waals surface area (Å²) in [4.78, 5) is 14.9. The van der Waals surface area contributed by atoms with Crippen LogP contribution in [0.1, 0.15) is 17.2 Å². The molecule has 0 aliphatic carbocycles. The number of aromatic nitrogens is 1. The number of amides is 1. The van der Waals surface area contributed by atoms with Gasteiger partial charge in [0.1, 0.15) is 6.54 Å². The zero-order valence-electron chi connectivity index (χ0n) is 15.5. The fourth-order valence-corrected chi connectivity index (χ4v) is 5.14. The summed E-state index contributed by atoms with van der Waals surface area (Å²) in [6, 6.07) is 16.4. The molecule has 2 aliphatic heterocycles. The molecule has 1 amide bonds. The third-order valence-corrected chi connectivity index (χ3v) is 6.78. The Bertz CT molecular complexity index is 1020. The maximum atomic E-state index is 12.9. The normalized spacial score (nSPS) is 19.0. The number of hydrogen-bond acceptors (Lipinski definition) is 4. The Morgan fingerprint density at radius 1 is 1.07 bits per heavy atom. The van der Waals surface area contributed by atoms with E-state index in [-0.39, 0.29) is 5.91 Å². The minimum Gasteiger partial charge on any atom is -0.454 e. The molecule has 28 heavy (non-hydrogen) atoms. The van der Waals surface area contributed by atoms with Gasteiger partial charge in [0.2, 0.25) is 12.7 Å². The molecule has 1 fully saturated rings. The van der Waals surface area contributed by atoms with E-state index >= 15 is 0 Å². The second kappa shape index (κ2) is 7.43. The lowest BCUT2D eigenvalue weighted by Gasteiger charge is -2.21. The molecule has 1 unspecified atom stereocenters. The molecule has 0 saturated carbocycles. The van der Waals surface area contributed by atoms with Crippen LogP contribution in [0.15, 0.2) is 54.7 Å². The van der Waals surface area contributed by atoms with Gasteiger partial charge >= 0.3 is 0 Å². The summed E-state index contributed by atoms with van der Waals surface area (Å²) in [6.45, 7) is 2.27. The number of fused-ring (bicyclic) bond motifs is 2. The van der Waals surface area contributed by atoms with E-state index in [9.17, 15) is 4.79 Å². The van der Waals surface area contributed by atoms with E-state index in [0.29, 0.717) is 18.6 Å². The van der Waals surface area contributed by atoms with Crippen molar-refractivity contribution >= 4 is 28.6 Å². The summed E-state index contributed by atoms with van der Waals surface area (Å²) in [5.74, 6) is 2.78. The summed E-state index contributed by atoms with van der Waals surface area (Å²) in [7, 11) is 0. The van der Waals surface area contributed by atoms with Crippen LogP contribution in [-0.2, 0) is 11.3 Å². The molecule has 0 bridgehead atoms. The SMILES string of the molecule is O=C(Cn1ccc2ccccc21)N1CCSC(c2ccc3c(c2)OCO3)CC1. The average Bonchev–Trinajstić information content (AvgIpc) is 3.27. The summed E-state index contributed by atoms with van der Waals surface area (Å²) < 4.78 is 13.0. The average molecular weight is 394 g/mol. The Labute approximate surface area is 168 Å². The van der Waals surface area contributed by atoms with Crippen LogP contribution >= 0.6 is 11.8 Å².